The van der Waals surface area contributed by atoms with Gasteiger partial charge in [-0.3, -0.25) is 4.79 Å². The average molecular weight is 278 g/mol. The highest BCUT2D eigenvalue weighted by atomic mass is 16.5. The van der Waals surface area contributed by atoms with E-state index in [-0.39, 0.29) is 11.9 Å². The third-order valence-electron chi connectivity index (χ3n) is 4.26. The van der Waals surface area contributed by atoms with E-state index >= 15 is 0 Å². The first kappa shape index (κ1) is 13.5. The Morgan fingerprint density at radius 3 is 2.75 bits per heavy atom. The molecule has 1 aromatic heterocycles. The van der Waals surface area contributed by atoms with E-state index in [4.69, 9.17) is 4.74 Å². The van der Waals surface area contributed by atoms with Gasteiger partial charge in [0.2, 0.25) is 5.91 Å². The van der Waals surface area contributed by atoms with Crippen LogP contribution in [-0.2, 0) is 16.1 Å². The Labute approximate surface area is 119 Å². The van der Waals surface area contributed by atoms with Crippen LogP contribution in [-0.4, -0.2) is 45.3 Å². The number of fused-ring (bicyclic) bond motifs is 1. The van der Waals surface area contributed by atoms with Crippen LogP contribution in [0.2, 0.25) is 0 Å². The monoisotopic (exact) mass is 278 g/mol. The molecule has 1 fully saturated rings. The highest BCUT2D eigenvalue weighted by Crippen LogP contribution is 2.31. The maximum Gasteiger partial charge on any atom is 0.245 e. The second kappa shape index (κ2) is 5.52. The van der Waals surface area contributed by atoms with Crippen LogP contribution in [0, 0.1) is 0 Å². The van der Waals surface area contributed by atoms with E-state index < -0.39 is 0 Å². The van der Waals surface area contributed by atoms with Crippen LogP contribution < -0.4 is 0 Å². The molecule has 20 heavy (non-hydrogen) atoms. The fourth-order valence-electron chi connectivity index (χ4n) is 3.18. The van der Waals surface area contributed by atoms with Gasteiger partial charge < -0.3 is 14.2 Å². The lowest BCUT2D eigenvalue weighted by atomic mass is 9.98. The molecule has 0 N–H and O–H groups in total. The number of carbonyl (C=O) groups excluding carboxylic acids is 1. The standard InChI is InChI=1S/C14H22N4O2/c1-3-6-17-9-12-15-16-13(11-4-7-20-8-5-11)18(12)10(2)14(17)19/h10-11H,3-9H2,1-2H3/t10-/m0/s1. The Kier molecular flexibility index (Phi) is 3.74. The van der Waals surface area contributed by atoms with Crippen molar-refractivity contribution in [3.8, 4) is 0 Å². The fourth-order valence-corrected chi connectivity index (χ4v) is 3.18. The lowest BCUT2D eigenvalue weighted by Gasteiger charge is -2.33. The molecular formula is C14H22N4O2. The van der Waals surface area contributed by atoms with Crippen LogP contribution in [0.15, 0.2) is 0 Å². The molecule has 1 aromatic rings. The van der Waals surface area contributed by atoms with Crippen LogP contribution in [0.1, 0.15) is 56.7 Å². The second-order valence-electron chi connectivity index (χ2n) is 5.67. The zero-order valence-electron chi connectivity index (χ0n) is 12.2. The van der Waals surface area contributed by atoms with Gasteiger partial charge in [0.1, 0.15) is 11.9 Å². The van der Waals surface area contributed by atoms with Crippen molar-refractivity contribution >= 4 is 5.91 Å². The summed E-state index contributed by atoms with van der Waals surface area (Å²) in [4.78, 5) is 14.3. The summed E-state index contributed by atoms with van der Waals surface area (Å²) in [7, 11) is 0. The van der Waals surface area contributed by atoms with Gasteiger partial charge in [-0.15, -0.1) is 10.2 Å². The van der Waals surface area contributed by atoms with Crippen molar-refractivity contribution in [1.82, 2.24) is 19.7 Å². The third-order valence-corrected chi connectivity index (χ3v) is 4.26. The number of rotatable bonds is 3. The van der Waals surface area contributed by atoms with Crippen LogP contribution in [0.4, 0.5) is 0 Å². The molecule has 1 amide bonds. The van der Waals surface area contributed by atoms with Gasteiger partial charge in [0, 0.05) is 25.7 Å². The summed E-state index contributed by atoms with van der Waals surface area (Å²) in [6.07, 6.45) is 2.91. The van der Waals surface area contributed by atoms with E-state index in [0.717, 1.165) is 50.7 Å². The Balaban J connectivity index is 1.89. The predicted octanol–water partition coefficient (Wildman–Crippen LogP) is 1.49. The summed E-state index contributed by atoms with van der Waals surface area (Å²) in [5.74, 6) is 2.46. The molecule has 2 aliphatic rings. The van der Waals surface area contributed by atoms with Crippen LogP contribution in [0.5, 0.6) is 0 Å². The number of carbonyl (C=O) groups is 1. The second-order valence-corrected chi connectivity index (χ2v) is 5.67. The van der Waals surface area contributed by atoms with Crippen molar-refractivity contribution in [3.05, 3.63) is 11.6 Å². The normalized spacial score (nSPS) is 24.0. The summed E-state index contributed by atoms with van der Waals surface area (Å²) in [5, 5.41) is 8.71. The lowest BCUT2D eigenvalue weighted by molar-refractivity contribution is -0.137. The minimum atomic E-state index is -0.182. The van der Waals surface area contributed by atoms with E-state index in [0.29, 0.717) is 12.5 Å². The van der Waals surface area contributed by atoms with Gasteiger partial charge in [0.15, 0.2) is 5.82 Å². The summed E-state index contributed by atoms with van der Waals surface area (Å²) >= 11 is 0. The van der Waals surface area contributed by atoms with Gasteiger partial charge in [-0.1, -0.05) is 6.92 Å². The number of ether oxygens (including phenoxy) is 1. The van der Waals surface area contributed by atoms with E-state index in [1.165, 1.54) is 0 Å². The molecule has 0 aliphatic carbocycles. The van der Waals surface area contributed by atoms with E-state index in [1.807, 2.05) is 11.8 Å². The van der Waals surface area contributed by atoms with Gasteiger partial charge in [-0.2, -0.15) is 0 Å². The highest BCUT2D eigenvalue weighted by Gasteiger charge is 2.34. The molecule has 6 nitrogen and oxygen atoms in total. The Hall–Kier alpha value is -1.43. The topological polar surface area (TPSA) is 60.2 Å². The molecule has 2 aliphatic heterocycles. The van der Waals surface area contributed by atoms with E-state index in [1.54, 1.807) is 0 Å². The molecule has 1 atom stereocenters. The number of hydrogen-bond donors (Lipinski definition) is 0. The van der Waals surface area contributed by atoms with Crippen molar-refractivity contribution in [2.45, 2.75) is 51.6 Å². The number of hydrogen-bond acceptors (Lipinski definition) is 4. The Morgan fingerprint density at radius 2 is 2.05 bits per heavy atom. The lowest BCUT2D eigenvalue weighted by Crippen LogP contribution is -2.42. The van der Waals surface area contributed by atoms with Crippen molar-refractivity contribution in [3.63, 3.8) is 0 Å². The maximum atomic E-state index is 12.4. The quantitative estimate of drug-likeness (QED) is 0.840. The predicted molar refractivity (Wildman–Crippen MR) is 73.2 cm³/mol. The van der Waals surface area contributed by atoms with Crippen molar-refractivity contribution < 1.29 is 9.53 Å². The third kappa shape index (κ3) is 2.22. The van der Waals surface area contributed by atoms with Crippen LogP contribution >= 0.6 is 0 Å². The molecule has 1 saturated heterocycles. The largest absolute Gasteiger partial charge is 0.381 e. The van der Waals surface area contributed by atoms with Gasteiger partial charge in [0.25, 0.3) is 0 Å². The van der Waals surface area contributed by atoms with Gasteiger partial charge >= 0.3 is 0 Å². The zero-order chi connectivity index (χ0) is 14.1. The minimum Gasteiger partial charge on any atom is -0.381 e. The molecule has 6 heteroatoms. The van der Waals surface area contributed by atoms with E-state index in [2.05, 4.69) is 21.7 Å². The molecule has 0 unspecified atom stereocenters. The summed E-state index contributed by atoms with van der Waals surface area (Å²) in [6, 6.07) is -0.182. The average Bonchev–Trinajstić information content (AvgIpc) is 2.89. The summed E-state index contributed by atoms with van der Waals surface area (Å²) in [6.45, 7) is 6.98. The first-order valence-corrected chi connectivity index (χ1v) is 7.52. The number of amides is 1. The molecule has 0 bridgehead atoms. The molecule has 110 valence electrons. The van der Waals surface area contributed by atoms with Crippen molar-refractivity contribution in [2.24, 2.45) is 0 Å². The Bertz CT molecular complexity index is 493. The summed E-state index contributed by atoms with van der Waals surface area (Å²) < 4.78 is 7.47. The molecule has 0 saturated carbocycles. The van der Waals surface area contributed by atoms with Crippen molar-refractivity contribution in [2.75, 3.05) is 19.8 Å². The van der Waals surface area contributed by atoms with Gasteiger partial charge in [-0.25, -0.2) is 0 Å². The molecule has 0 spiro atoms. The zero-order valence-corrected chi connectivity index (χ0v) is 12.2. The highest BCUT2D eigenvalue weighted by molar-refractivity contribution is 5.81. The van der Waals surface area contributed by atoms with E-state index in [9.17, 15) is 4.79 Å². The smallest absolute Gasteiger partial charge is 0.245 e. The van der Waals surface area contributed by atoms with Gasteiger partial charge in [0.05, 0.1) is 6.54 Å². The maximum absolute atomic E-state index is 12.4. The van der Waals surface area contributed by atoms with Crippen LogP contribution in [0.25, 0.3) is 0 Å². The molecule has 3 heterocycles. The van der Waals surface area contributed by atoms with Gasteiger partial charge in [-0.05, 0) is 26.2 Å². The molecule has 3 rings (SSSR count). The SMILES string of the molecule is CCCN1Cc2nnc(C3CCOCC3)n2[C@@H](C)C1=O. The molecule has 0 radical (unpaired) electrons. The first-order chi connectivity index (χ1) is 9.72. The first-order valence-electron chi connectivity index (χ1n) is 7.52. The Morgan fingerprint density at radius 1 is 1.30 bits per heavy atom. The number of nitrogens with zero attached hydrogens (tertiary/aromatic N) is 4. The van der Waals surface area contributed by atoms with Crippen molar-refractivity contribution in [1.29, 1.82) is 0 Å². The molecule has 0 aromatic carbocycles. The van der Waals surface area contributed by atoms with Crippen LogP contribution in [0.3, 0.4) is 0 Å². The minimum absolute atomic E-state index is 0.182. The summed E-state index contributed by atoms with van der Waals surface area (Å²) in [5.41, 5.74) is 0. The fraction of sp³-hybridized carbons (Fsp3) is 0.786. The number of aromatic nitrogens is 3. The molecular weight excluding hydrogens is 256 g/mol.